The van der Waals surface area contributed by atoms with Crippen LogP contribution in [0.5, 0.6) is 0 Å². The number of benzene rings is 2. The standard InChI is InChI=1S/C16H11ClFN3OS2/c1-8-6-13-12(7-11(8)17)19-16(24-13)21-15(23)20-14(22)9-2-4-10(18)5-3-9/h2-7H,1H3,(H2,19,20,21,22,23). The van der Waals surface area contributed by atoms with E-state index < -0.39 is 11.7 Å². The average molecular weight is 380 g/mol. The number of halogens is 2. The minimum Gasteiger partial charge on any atom is -0.308 e. The number of rotatable bonds is 2. The van der Waals surface area contributed by atoms with Crippen molar-refractivity contribution < 1.29 is 9.18 Å². The van der Waals surface area contributed by atoms with Crippen LogP contribution in [0.1, 0.15) is 15.9 Å². The molecule has 0 unspecified atom stereocenters. The van der Waals surface area contributed by atoms with Crippen molar-refractivity contribution in [3.63, 3.8) is 0 Å². The summed E-state index contributed by atoms with van der Waals surface area (Å²) >= 11 is 12.6. The van der Waals surface area contributed by atoms with Crippen molar-refractivity contribution in [1.29, 1.82) is 0 Å². The molecule has 0 saturated carbocycles. The Bertz CT molecular complexity index is 901. The van der Waals surface area contributed by atoms with E-state index in [0.717, 1.165) is 15.8 Å². The Morgan fingerprint density at radius 1 is 1.29 bits per heavy atom. The molecule has 0 aliphatic heterocycles. The predicted octanol–water partition coefficient (Wildman–Crippen LogP) is 4.52. The number of thiocarbonyl (C=S) groups is 1. The van der Waals surface area contributed by atoms with Crippen LogP contribution in [0.3, 0.4) is 0 Å². The molecule has 0 fully saturated rings. The van der Waals surface area contributed by atoms with Crippen molar-refractivity contribution in [3.8, 4) is 0 Å². The molecule has 4 nitrogen and oxygen atoms in total. The molecule has 0 atom stereocenters. The van der Waals surface area contributed by atoms with E-state index in [9.17, 15) is 9.18 Å². The van der Waals surface area contributed by atoms with Gasteiger partial charge < -0.3 is 5.32 Å². The number of amides is 1. The number of carbonyl (C=O) groups is 1. The van der Waals surface area contributed by atoms with E-state index in [0.29, 0.717) is 15.7 Å². The number of thiazole rings is 1. The van der Waals surface area contributed by atoms with E-state index in [1.165, 1.54) is 35.6 Å². The average Bonchev–Trinajstić information content (AvgIpc) is 2.89. The van der Waals surface area contributed by atoms with Crippen LogP contribution in [-0.2, 0) is 0 Å². The molecule has 8 heteroatoms. The second kappa shape index (κ2) is 6.80. The first kappa shape index (κ1) is 16.8. The van der Waals surface area contributed by atoms with Gasteiger partial charge in [-0.1, -0.05) is 22.9 Å². The van der Waals surface area contributed by atoms with Crippen LogP contribution in [-0.4, -0.2) is 16.0 Å². The monoisotopic (exact) mass is 379 g/mol. The number of aryl methyl sites for hydroxylation is 1. The van der Waals surface area contributed by atoms with E-state index in [1.807, 2.05) is 13.0 Å². The van der Waals surface area contributed by atoms with Crippen molar-refractivity contribution in [2.45, 2.75) is 6.92 Å². The summed E-state index contributed by atoms with van der Waals surface area (Å²) in [5, 5.41) is 6.72. The smallest absolute Gasteiger partial charge is 0.257 e. The van der Waals surface area contributed by atoms with E-state index in [2.05, 4.69) is 15.6 Å². The van der Waals surface area contributed by atoms with Crippen LogP contribution in [0.25, 0.3) is 10.2 Å². The zero-order chi connectivity index (χ0) is 17.3. The van der Waals surface area contributed by atoms with Crippen LogP contribution in [0.15, 0.2) is 36.4 Å². The summed E-state index contributed by atoms with van der Waals surface area (Å²) < 4.78 is 13.8. The Morgan fingerprint density at radius 3 is 2.71 bits per heavy atom. The SMILES string of the molecule is Cc1cc2sc(NC(=S)NC(=O)c3ccc(F)cc3)nc2cc1Cl. The Hall–Kier alpha value is -2.09. The number of carbonyl (C=O) groups excluding carboxylic acids is 1. The summed E-state index contributed by atoms with van der Waals surface area (Å²) in [6, 6.07) is 8.93. The van der Waals surface area contributed by atoms with Gasteiger partial charge >= 0.3 is 0 Å². The Morgan fingerprint density at radius 2 is 2.00 bits per heavy atom. The first-order valence-corrected chi connectivity index (χ1v) is 8.47. The van der Waals surface area contributed by atoms with E-state index in [-0.39, 0.29) is 5.11 Å². The van der Waals surface area contributed by atoms with Gasteiger partial charge in [0.25, 0.3) is 5.91 Å². The number of anilines is 1. The van der Waals surface area contributed by atoms with Gasteiger partial charge in [-0.3, -0.25) is 10.1 Å². The summed E-state index contributed by atoms with van der Waals surface area (Å²) in [5.74, 6) is -0.830. The fourth-order valence-electron chi connectivity index (χ4n) is 2.01. The van der Waals surface area contributed by atoms with Gasteiger partial charge in [0.1, 0.15) is 5.82 Å². The van der Waals surface area contributed by atoms with Crippen molar-refractivity contribution in [1.82, 2.24) is 10.3 Å². The Balaban J connectivity index is 1.70. The maximum Gasteiger partial charge on any atom is 0.257 e. The molecule has 0 aliphatic carbocycles. The van der Waals surface area contributed by atoms with Gasteiger partial charge in [-0.2, -0.15) is 0 Å². The lowest BCUT2D eigenvalue weighted by Crippen LogP contribution is -2.34. The van der Waals surface area contributed by atoms with Gasteiger partial charge in [0.15, 0.2) is 10.2 Å². The zero-order valence-corrected chi connectivity index (χ0v) is 14.8. The van der Waals surface area contributed by atoms with Crippen molar-refractivity contribution in [2.75, 3.05) is 5.32 Å². The second-order valence-corrected chi connectivity index (χ2v) is 6.85. The number of hydrogen-bond acceptors (Lipinski definition) is 4. The highest BCUT2D eigenvalue weighted by Crippen LogP contribution is 2.30. The Kier molecular flexibility index (Phi) is 4.75. The molecule has 1 heterocycles. The summed E-state index contributed by atoms with van der Waals surface area (Å²) in [6.45, 7) is 1.92. The molecule has 0 radical (unpaired) electrons. The third-order valence-corrected chi connectivity index (χ3v) is 4.77. The van der Waals surface area contributed by atoms with Crippen LogP contribution in [0.2, 0.25) is 5.02 Å². The molecule has 0 aliphatic rings. The molecule has 3 rings (SSSR count). The van der Waals surface area contributed by atoms with Crippen LogP contribution in [0, 0.1) is 12.7 Å². The maximum atomic E-state index is 12.9. The lowest BCUT2D eigenvalue weighted by atomic mass is 10.2. The fourth-order valence-corrected chi connectivity index (χ4v) is 3.37. The largest absolute Gasteiger partial charge is 0.308 e. The molecule has 0 saturated heterocycles. The minimum absolute atomic E-state index is 0.117. The molecule has 0 spiro atoms. The van der Waals surface area contributed by atoms with E-state index in [4.69, 9.17) is 23.8 Å². The molecule has 1 aromatic heterocycles. The number of hydrogen-bond donors (Lipinski definition) is 2. The highest BCUT2D eigenvalue weighted by Gasteiger charge is 2.11. The number of nitrogens with zero attached hydrogens (tertiary/aromatic N) is 1. The molecule has 2 N–H and O–H groups in total. The summed E-state index contributed by atoms with van der Waals surface area (Å²) in [6.07, 6.45) is 0. The van der Waals surface area contributed by atoms with Crippen LogP contribution in [0.4, 0.5) is 9.52 Å². The number of nitrogens with one attached hydrogen (secondary N) is 2. The topological polar surface area (TPSA) is 54.0 Å². The van der Waals surface area contributed by atoms with Gasteiger partial charge in [-0.15, -0.1) is 0 Å². The highest BCUT2D eigenvalue weighted by molar-refractivity contribution is 7.80. The molecule has 2 aromatic carbocycles. The van der Waals surface area contributed by atoms with Gasteiger partial charge in [0.05, 0.1) is 10.2 Å². The van der Waals surface area contributed by atoms with Crippen LogP contribution < -0.4 is 10.6 Å². The van der Waals surface area contributed by atoms with Crippen LogP contribution >= 0.6 is 35.2 Å². The number of fused-ring (bicyclic) bond motifs is 1. The number of aromatic nitrogens is 1. The zero-order valence-electron chi connectivity index (χ0n) is 12.4. The van der Waals surface area contributed by atoms with Crippen molar-refractivity contribution in [2.24, 2.45) is 0 Å². The van der Waals surface area contributed by atoms with Gasteiger partial charge in [-0.05, 0) is 61.1 Å². The van der Waals surface area contributed by atoms with Gasteiger partial charge in [-0.25, -0.2) is 9.37 Å². The fraction of sp³-hybridized carbons (Fsp3) is 0.0625. The van der Waals surface area contributed by atoms with Gasteiger partial charge in [0, 0.05) is 10.6 Å². The third kappa shape index (κ3) is 3.69. The molecule has 3 aromatic rings. The lowest BCUT2D eigenvalue weighted by Gasteiger charge is -2.06. The van der Waals surface area contributed by atoms with Gasteiger partial charge in [0.2, 0.25) is 0 Å². The molecular formula is C16H11ClFN3OS2. The van der Waals surface area contributed by atoms with Crippen molar-refractivity contribution >= 4 is 61.5 Å². The van der Waals surface area contributed by atoms with E-state index >= 15 is 0 Å². The quantitative estimate of drug-likeness (QED) is 0.642. The predicted molar refractivity (Wildman–Crippen MR) is 99.5 cm³/mol. The molecule has 0 bridgehead atoms. The first-order valence-electron chi connectivity index (χ1n) is 6.87. The maximum absolute atomic E-state index is 12.9. The Labute approximate surface area is 151 Å². The highest BCUT2D eigenvalue weighted by atomic mass is 35.5. The lowest BCUT2D eigenvalue weighted by molar-refractivity contribution is 0.0977. The normalized spacial score (nSPS) is 10.6. The summed E-state index contributed by atoms with van der Waals surface area (Å²) in [5.41, 5.74) is 2.03. The minimum atomic E-state index is -0.424. The summed E-state index contributed by atoms with van der Waals surface area (Å²) in [4.78, 5) is 16.4. The first-order chi connectivity index (χ1) is 11.4. The van der Waals surface area contributed by atoms with Crippen molar-refractivity contribution in [3.05, 3.63) is 58.4 Å². The third-order valence-electron chi connectivity index (χ3n) is 3.22. The summed E-state index contributed by atoms with van der Waals surface area (Å²) in [7, 11) is 0. The molecule has 1 amide bonds. The van der Waals surface area contributed by atoms with E-state index in [1.54, 1.807) is 6.07 Å². The molecule has 122 valence electrons. The second-order valence-electron chi connectivity index (χ2n) is 5.00. The molecule has 24 heavy (non-hydrogen) atoms. The molecular weight excluding hydrogens is 369 g/mol.